The summed E-state index contributed by atoms with van der Waals surface area (Å²) in [6.45, 7) is 4.44. The van der Waals surface area contributed by atoms with Gasteiger partial charge in [-0.25, -0.2) is 0 Å². The highest BCUT2D eigenvalue weighted by molar-refractivity contribution is 5.34. The first kappa shape index (κ1) is 15.5. The second-order valence-electron chi connectivity index (χ2n) is 4.94. The van der Waals surface area contributed by atoms with Crippen LogP contribution in [0.5, 0.6) is 5.75 Å². The van der Waals surface area contributed by atoms with Crippen LogP contribution in [-0.2, 0) is 4.74 Å². The Morgan fingerprint density at radius 1 is 1.00 bits per heavy atom. The summed E-state index contributed by atoms with van der Waals surface area (Å²) in [4.78, 5) is 0. The maximum absolute atomic E-state index is 9.45. The van der Waals surface area contributed by atoms with Gasteiger partial charge in [-0.3, -0.25) is 0 Å². The number of ether oxygens (including phenoxy) is 1. The zero-order valence-corrected chi connectivity index (χ0v) is 12.5. The standard InChI is InChI=1S/C18H23NO2/c1-2-21-14-6-13-19-18(15-7-4-3-5-8-15)16-9-11-17(20)12-10-16/h3-5,7-12,18-20H,2,6,13-14H2,1H3. The van der Waals surface area contributed by atoms with Crippen molar-refractivity contribution in [3.8, 4) is 5.75 Å². The van der Waals surface area contributed by atoms with E-state index < -0.39 is 0 Å². The van der Waals surface area contributed by atoms with Gasteiger partial charge in [0.1, 0.15) is 5.75 Å². The Bertz CT molecular complexity index is 511. The van der Waals surface area contributed by atoms with E-state index >= 15 is 0 Å². The molecular formula is C18H23NO2. The molecule has 0 amide bonds. The molecular weight excluding hydrogens is 262 g/mol. The van der Waals surface area contributed by atoms with Gasteiger partial charge in [0.05, 0.1) is 6.04 Å². The average molecular weight is 285 g/mol. The van der Waals surface area contributed by atoms with Crippen LogP contribution in [0, 0.1) is 0 Å². The van der Waals surface area contributed by atoms with Gasteiger partial charge in [-0.05, 0) is 43.1 Å². The number of rotatable bonds is 8. The maximum Gasteiger partial charge on any atom is 0.115 e. The summed E-state index contributed by atoms with van der Waals surface area (Å²) in [7, 11) is 0. The molecule has 21 heavy (non-hydrogen) atoms. The summed E-state index contributed by atoms with van der Waals surface area (Å²) < 4.78 is 5.37. The van der Waals surface area contributed by atoms with E-state index in [9.17, 15) is 5.11 Å². The van der Waals surface area contributed by atoms with Gasteiger partial charge < -0.3 is 15.2 Å². The van der Waals surface area contributed by atoms with Crippen LogP contribution < -0.4 is 5.32 Å². The SMILES string of the molecule is CCOCCCNC(c1ccccc1)c1ccc(O)cc1. The van der Waals surface area contributed by atoms with E-state index in [4.69, 9.17) is 4.74 Å². The van der Waals surface area contributed by atoms with Crippen LogP contribution in [0.2, 0.25) is 0 Å². The lowest BCUT2D eigenvalue weighted by Crippen LogP contribution is -2.24. The zero-order chi connectivity index (χ0) is 14.9. The molecule has 0 spiro atoms. The Morgan fingerprint density at radius 2 is 1.67 bits per heavy atom. The van der Waals surface area contributed by atoms with E-state index in [0.29, 0.717) is 5.75 Å². The Hall–Kier alpha value is -1.84. The number of benzene rings is 2. The van der Waals surface area contributed by atoms with Crippen LogP contribution in [0.15, 0.2) is 54.6 Å². The van der Waals surface area contributed by atoms with Crippen molar-refractivity contribution in [2.75, 3.05) is 19.8 Å². The summed E-state index contributed by atoms with van der Waals surface area (Å²) in [6, 6.07) is 17.9. The van der Waals surface area contributed by atoms with Gasteiger partial charge in [0.2, 0.25) is 0 Å². The molecule has 1 unspecified atom stereocenters. The Morgan fingerprint density at radius 3 is 2.33 bits per heavy atom. The van der Waals surface area contributed by atoms with Gasteiger partial charge in [0.25, 0.3) is 0 Å². The zero-order valence-electron chi connectivity index (χ0n) is 12.5. The second kappa shape index (κ2) is 8.45. The lowest BCUT2D eigenvalue weighted by atomic mass is 9.98. The highest BCUT2D eigenvalue weighted by atomic mass is 16.5. The molecule has 0 saturated carbocycles. The lowest BCUT2D eigenvalue weighted by Gasteiger charge is -2.20. The number of phenols is 1. The van der Waals surface area contributed by atoms with Gasteiger partial charge in [-0.15, -0.1) is 0 Å². The molecule has 0 fully saturated rings. The highest BCUT2D eigenvalue weighted by Gasteiger charge is 2.12. The molecule has 0 aliphatic rings. The predicted octanol–water partition coefficient (Wildman–Crippen LogP) is 3.50. The largest absolute Gasteiger partial charge is 0.508 e. The molecule has 112 valence electrons. The minimum absolute atomic E-state index is 0.133. The molecule has 2 N–H and O–H groups in total. The summed E-state index contributed by atoms with van der Waals surface area (Å²) in [5.41, 5.74) is 2.37. The lowest BCUT2D eigenvalue weighted by molar-refractivity contribution is 0.144. The van der Waals surface area contributed by atoms with E-state index in [1.165, 1.54) is 5.56 Å². The fourth-order valence-electron chi connectivity index (χ4n) is 2.31. The first-order chi connectivity index (χ1) is 10.3. The monoisotopic (exact) mass is 285 g/mol. The smallest absolute Gasteiger partial charge is 0.115 e. The van der Waals surface area contributed by atoms with Crippen LogP contribution >= 0.6 is 0 Å². The van der Waals surface area contributed by atoms with Crippen molar-refractivity contribution in [3.05, 3.63) is 65.7 Å². The second-order valence-corrected chi connectivity index (χ2v) is 4.94. The van der Waals surface area contributed by atoms with Crippen molar-refractivity contribution in [1.82, 2.24) is 5.32 Å². The normalized spacial score (nSPS) is 12.2. The third-order valence-corrected chi connectivity index (χ3v) is 3.38. The van der Waals surface area contributed by atoms with Crippen LogP contribution in [0.25, 0.3) is 0 Å². The quantitative estimate of drug-likeness (QED) is 0.729. The van der Waals surface area contributed by atoms with Crippen molar-refractivity contribution in [3.63, 3.8) is 0 Å². The van der Waals surface area contributed by atoms with E-state index in [-0.39, 0.29) is 6.04 Å². The molecule has 2 aromatic rings. The molecule has 1 atom stereocenters. The van der Waals surface area contributed by atoms with Crippen molar-refractivity contribution in [2.45, 2.75) is 19.4 Å². The van der Waals surface area contributed by atoms with Gasteiger partial charge in [0, 0.05) is 13.2 Å². The molecule has 0 aromatic heterocycles. The van der Waals surface area contributed by atoms with Crippen molar-refractivity contribution < 1.29 is 9.84 Å². The molecule has 0 saturated heterocycles. The van der Waals surface area contributed by atoms with Crippen LogP contribution in [0.4, 0.5) is 0 Å². The molecule has 3 heteroatoms. The van der Waals surface area contributed by atoms with Crippen LogP contribution in [0.3, 0.4) is 0 Å². The minimum atomic E-state index is 0.133. The maximum atomic E-state index is 9.45. The van der Waals surface area contributed by atoms with Crippen molar-refractivity contribution >= 4 is 0 Å². The number of hydrogen-bond donors (Lipinski definition) is 2. The van der Waals surface area contributed by atoms with E-state index in [1.54, 1.807) is 12.1 Å². The number of phenolic OH excluding ortho intramolecular Hbond substituents is 1. The van der Waals surface area contributed by atoms with Gasteiger partial charge in [-0.1, -0.05) is 42.5 Å². The fourth-order valence-corrected chi connectivity index (χ4v) is 2.31. The highest BCUT2D eigenvalue weighted by Crippen LogP contribution is 2.23. The molecule has 3 nitrogen and oxygen atoms in total. The summed E-state index contributed by atoms with van der Waals surface area (Å²) in [5.74, 6) is 0.293. The first-order valence-corrected chi connectivity index (χ1v) is 7.46. The number of nitrogens with one attached hydrogen (secondary N) is 1. The molecule has 0 radical (unpaired) electrons. The summed E-state index contributed by atoms with van der Waals surface area (Å²) in [6.07, 6.45) is 0.981. The van der Waals surface area contributed by atoms with Crippen LogP contribution in [0.1, 0.15) is 30.5 Å². The Labute approximate surface area is 126 Å². The van der Waals surface area contributed by atoms with Gasteiger partial charge in [0.15, 0.2) is 0 Å². The average Bonchev–Trinajstić information content (AvgIpc) is 2.53. The number of aromatic hydroxyl groups is 1. The molecule has 2 aromatic carbocycles. The van der Waals surface area contributed by atoms with Crippen molar-refractivity contribution in [2.24, 2.45) is 0 Å². The Balaban J connectivity index is 2.06. The van der Waals surface area contributed by atoms with Crippen LogP contribution in [-0.4, -0.2) is 24.9 Å². The molecule has 0 heterocycles. The van der Waals surface area contributed by atoms with E-state index in [2.05, 4.69) is 17.4 Å². The summed E-state index contributed by atoms with van der Waals surface area (Å²) >= 11 is 0. The predicted molar refractivity (Wildman–Crippen MR) is 85.5 cm³/mol. The van der Waals surface area contributed by atoms with Crippen molar-refractivity contribution in [1.29, 1.82) is 0 Å². The first-order valence-electron chi connectivity index (χ1n) is 7.46. The fraction of sp³-hybridized carbons (Fsp3) is 0.333. The number of hydrogen-bond acceptors (Lipinski definition) is 3. The molecule has 0 aliphatic carbocycles. The van der Waals surface area contributed by atoms with E-state index in [1.807, 2.05) is 37.3 Å². The third kappa shape index (κ3) is 4.88. The van der Waals surface area contributed by atoms with E-state index in [0.717, 1.165) is 31.7 Å². The van der Waals surface area contributed by atoms with Gasteiger partial charge in [-0.2, -0.15) is 0 Å². The minimum Gasteiger partial charge on any atom is -0.508 e. The summed E-state index contributed by atoms with van der Waals surface area (Å²) in [5, 5.41) is 13.0. The van der Waals surface area contributed by atoms with Gasteiger partial charge >= 0.3 is 0 Å². The Kier molecular flexibility index (Phi) is 6.25. The molecule has 2 rings (SSSR count). The third-order valence-electron chi connectivity index (χ3n) is 3.38. The topological polar surface area (TPSA) is 41.5 Å². The molecule has 0 aliphatic heterocycles. The molecule has 0 bridgehead atoms.